The predicted octanol–water partition coefficient (Wildman–Crippen LogP) is 2.57. The Hall–Kier alpha value is -2.84. The summed E-state index contributed by atoms with van der Waals surface area (Å²) in [6, 6.07) is 1.61. The maximum absolute atomic E-state index is 12.3. The number of benzene rings is 1. The van der Waals surface area contributed by atoms with Crippen LogP contribution in [0.5, 0.6) is 11.5 Å². The van der Waals surface area contributed by atoms with Gasteiger partial charge in [0.15, 0.2) is 44.0 Å². The minimum atomic E-state index is -1.62. The first-order valence-corrected chi connectivity index (χ1v) is 42.1. The third-order valence-electron chi connectivity index (χ3n) is 24.1. The molecule has 0 unspecified atom stereocenters. The molecule has 0 saturated carbocycles. The second-order valence-corrected chi connectivity index (χ2v) is 33.1. The summed E-state index contributed by atoms with van der Waals surface area (Å²) in [5, 5.41) is 107. The van der Waals surface area contributed by atoms with Crippen molar-refractivity contribution in [2.75, 3.05) is 146 Å². The average Bonchev–Trinajstić information content (AvgIpc) is 0.778. The molecule has 21 aliphatic rings. The lowest BCUT2D eigenvalue weighted by Gasteiger charge is -2.51. The number of allylic oxidation sites excluding steroid dienone is 2. The van der Waals surface area contributed by atoms with Gasteiger partial charge in [-0.15, -0.1) is 0 Å². The molecule has 21 fully saturated rings. The minimum absolute atomic E-state index is 0.0182. The van der Waals surface area contributed by atoms with Gasteiger partial charge in [0, 0.05) is 106 Å². The highest BCUT2D eigenvalue weighted by Crippen LogP contribution is 2.43. The van der Waals surface area contributed by atoms with Crippen LogP contribution in [0.15, 0.2) is 17.7 Å². The van der Waals surface area contributed by atoms with Crippen LogP contribution >= 0.6 is 0 Å². The number of hydrogen-bond acceptors (Lipinski definition) is 37. The topological polar surface area (TPSA) is 441 Å². The fourth-order valence-corrected chi connectivity index (χ4v) is 17.3. The summed E-state index contributed by atoms with van der Waals surface area (Å²) in [5.41, 5.74) is 3.22. The number of phenolic OH excluding ortho intramolecular Hbond substituents is 2. The molecule has 22 rings (SSSR count). The summed E-state index contributed by atoms with van der Waals surface area (Å²) in [6.45, 7) is 11.8. The highest BCUT2D eigenvalue weighted by Gasteiger charge is 2.61. The molecule has 37 nitrogen and oxygen atoms in total. The molecule has 37 heteroatoms. The Labute approximate surface area is 714 Å². The van der Waals surface area contributed by atoms with E-state index in [1.807, 2.05) is 0 Å². The molecule has 0 aromatic heterocycles. The molecule has 0 amide bonds. The third-order valence-corrected chi connectivity index (χ3v) is 24.1. The van der Waals surface area contributed by atoms with Crippen LogP contribution in [-0.4, -0.2) is 407 Å². The van der Waals surface area contributed by atoms with Gasteiger partial charge in [0.25, 0.3) is 0 Å². The lowest BCUT2D eigenvalue weighted by molar-refractivity contribution is -0.400. The summed E-state index contributed by atoms with van der Waals surface area (Å²) >= 11 is 0. The van der Waals surface area contributed by atoms with Crippen molar-refractivity contribution in [1.82, 2.24) is 0 Å². The summed E-state index contributed by atoms with van der Waals surface area (Å²) in [5.74, 6) is 2.83. The zero-order valence-electron chi connectivity index (χ0n) is 75.3. The van der Waals surface area contributed by atoms with Gasteiger partial charge in [-0.2, -0.15) is 0 Å². The molecule has 21 heterocycles. The number of phenols is 2. The number of rotatable bonds is 35. The zero-order valence-corrected chi connectivity index (χ0v) is 74.3. The number of aliphatic hydroxyl groups is 7. The van der Waals surface area contributed by atoms with E-state index in [9.17, 15) is 46.0 Å². The molecule has 9 N–H and O–H groups in total. The Bertz CT molecular complexity index is 2710. The first-order valence-electron chi connectivity index (χ1n) is 42.8. The molecule has 14 bridgehead atoms. The van der Waals surface area contributed by atoms with E-state index in [0.29, 0.717) is 17.5 Å². The monoisotopic (exact) mass is 1750 g/mol. The third kappa shape index (κ3) is 26.3. The maximum atomic E-state index is 12.3. The standard InChI is InChI=1S/C56H98O35.C28H48O2/c1-64-15-22-36-29(57)43(71-8)50(78-22)86-37-23(16-65-2)80-52(45(73-10)30(37)58)88-39-25(18-67-4)82-54(47(75-12)32(39)60)90-41-27(20-69-6)84-56(49(77-14)34(41)62)91-42-28(21-70-7)83-55(48(76-13)35(42)63)89-40-26(19-68-5)81-53(46(74-11)33(40)61)87-38-24(17-66-3)79-51(85-36)44(72-9)31(38)59;1-20(2)11-8-12-21(3)13-9-14-22(4)15-10-16-23(5)17-18-26-19-27(29)24(6)25(7)28(26)30/h22-63H,15-21H2,1-14H3;17,19-22,29-30H,8-16,18H2,1-7H3/b;23-17+/t22-,23-,24-,25-,26-,27-,28-,29+,30+,31+,32+,33+,34+,35+,36-,37-,38-,39-,40-,41-,42-,43-,44-,45-,46-,47-,48-,49-,50-,51-,52-,53-,54-,55-,56-;21-,22-/m11/s1/i;6+2T. The Kier molecular flexibility index (Phi) is 42.9. The smallest absolute Gasteiger partial charge is 0.187 e. The van der Waals surface area contributed by atoms with Crippen LogP contribution in [0.2, 0.25) is 0 Å². The lowest BCUT2D eigenvalue weighted by atomic mass is 9.91. The van der Waals surface area contributed by atoms with Gasteiger partial charge < -0.3 is 179 Å². The molecule has 1 aromatic rings. The van der Waals surface area contributed by atoms with E-state index in [0.717, 1.165) is 29.7 Å². The second kappa shape index (κ2) is 50.9. The van der Waals surface area contributed by atoms with Crippen molar-refractivity contribution in [1.29, 1.82) is 0 Å². The first-order chi connectivity index (χ1) is 58.6. The number of hydrogen-bond donors (Lipinski definition) is 9. The lowest BCUT2D eigenvalue weighted by Crippen LogP contribution is -2.69. The van der Waals surface area contributed by atoms with Crippen molar-refractivity contribution in [3.05, 3.63) is 34.4 Å². The minimum Gasteiger partial charge on any atom is -0.508 e. The summed E-state index contributed by atoms with van der Waals surface area (Å²) in [4.78, 5) is 0. The number of aromatic hydroxyl groups is 2. The molecule has 0 aliphatic carbocycles. The number of ether oxygens (including phenoxy) is 28. The van der Waals surface area contributed by atoms with Crippen LogP contribution in [-0.2, 0) is 139 Å². The SMILES string of the molecule is COC[C@H]1O[C@@H]2O[C@H]3[C@H](O)[C@@H](OC)[C@@H](O[C@H]4[C@H](O)[C@@H](OC)[C@@H](O[C@H]5[C@H](O)[C@@H](OC)[C@@H](O[C@H]6[C@H](O)[C@@H](OC)[C@@H](O[C@H]7[C@H](O)[C@@H](OC)[C@@H](O[C@H]8[C@H](O)[C@@H](OC)[C@@H](O[C@H]1[C@H](O)[C@H]2OC)O[C@@H]8COC)O[C@@H]7COC)O[C@@H]6COC)O[C@@H]5COC)O[C@@H]4COC)O[C@@H]3COC.[3H][14CH2]c1c(O)cc(C/C=C(\C)CCC[C@H](C)CCC[C@H](C)CCCC(C)C)c(O)c1C. The van der Waals surface area contributed by atoms with E-state index in [-0.39, 0.29) is 64.6 Å². The van der Waals surface area contributed by atoms with Crippen LogP contribution in [0.3, 0.4) is 0 Å². The molecule has 37 atom stereocenters. The van der Waals surface area contributed by atoms with Gasteiger partial charge in [-0.25, -0.2) is 0 Å². The van der Waals surface area contributed by atoms with Gasteiger partial charge in [-0.3, -0.25) is 0 Å². The molecule has 0 radical (unpaired) electrons. The summed E-state index contributed by atoms with van der Waals surface area (Å²) < 4.78 is 179. The van der Waals surface area contributed by atoms with Crippen LogP contribution in [0.1, 0.15) is 110 Å². The second-order valence-electron chi connectivity index (χ2n) is 33.1. The van der Waals surface area contributed by atoms with Gasteiger partial charge in [-0.1, -0.05) is 84.3 Å². The Morgan fingerprint density at radius 1 is 0.364 bits per heavy atom. The largest absolute Gasteiger partial charge is 0.508 e. The molecular weight excluding hydrogens is 1600 g/mol. The van der Waals surface area contributed by atoms with E-state index in [2.05, 4.69) is 40.7 Å². The Morgan fingerprint density at radius 2 is 0.587 bits per heavy atom. The molecule has 21 aliphatic heterocycles. The Balaban J connectivity index is 0.000000502. The molecule has 704 valence electrons. The molecule has 1 aromatic carbocycles. The van der Waals surface area contributed by atoms with E-state index >= 15 is 0 Å². The van der Waals surface area contributed by atoms with Crippen molar-refractivity contribution in [2.24, 2.45) is 17.8 Å². The van der Waals surface area contributed by atoms with E-state index in [4.69, 9.17) is 134 Å². The van der Waals surface area contributed by atoms with E-state index < -0.39 is 215 Å². The van der Waals surface area contributed by atoms with Crippen molar-refractivity contribution in [3.8, 4) is 11.5 Å². The summed E-state index contributed by atoms with van der Waals surface area (Å²) in [6.07, 6.45) is -34.9. The van der Waals surface area contributed by atoms with Gasteiger partial charge in [-0.05, 0) is 75.0 Å². The quantitative estimate of drug-likeness (QED) is 0.0348. The molecular formula is C84H146O37. The molecule has 121 heavy (non-hydrogen) atoms. The van der Waals surface area contributed by atoms with Gasteiger partial charge in [0.1, 0.15) is 182 Å². The maximum Gasteiger partial charge on any atom is 0.187 e. The summed E-state index contributed by atoms with van der Waals surface area (Å²) in [7, 11) is 18.7. The van der Waals surface area contributed by atoms with Gasteiger partial charge >= 0.3 is 0 Å². The highest BCUT2D eigenvalue weighted by atomic mass is 16.8. The zero-order chi connectivity index (χ0) is 89.3. The van der Waals surface area contributed by atoms with Crippen molar-refractivity contribution in [3.63, 3.8) is 0 Å². The molecule has 0 spiro atoms. The van der Waals surface area contributed by atoms with E-state index in [1.54, 1.807) is 13.0 Å². The predicted molar refractivity (Wildman–Crippen MR) is 427 cm³/mol. The van der Waals surface area contributed by atoms with Gasteiger partial charge in [0.05, 0.1) is 46.2 Å². The van der Waals surface area contributed by atoms with E-state index in [1.165, 1.54) is 156 Å². The molecule has 21 saturated heterocycles. The fourth-order valence-electron chi connectivity index (χ4n) is 17.3. The Morgan fingerprint density at radius 3 is 0.793 bits per heavy atom. The average molecular weight is 1750 g/mol. The van der Waals surface area contributed by atoms with Crippen LogP contribution in [0, 0.1) is 31.6 Å². The van der Waals surface area contributed by atoms with Crippen LogP contribution in [0.4, 0.5) is 0 Å². The van der Waals surface area contributed by atoms with Crippen molar-refractivity contribution >= 4 is 0 Å². The highest BCUT2D eigenvalue weighted by molar-refractivity contribution is 5.51. The first kappa shape index (κ1) is 102. The number of methoxy groups -OCH3 is 14. The van der Waals surface area contributed by atoms with Crippen molar-refractivity contribution in [2.45, 2.75) is 328 Å². The normalized spacial score (nSPS) is 40.3. The van der Waals surface area contributed by atoms with Crippen LogP contribution in [0.25, 0.3) is 0 Å². The van der Waals surface area contributed by atoms with Gasteiger partial charge in [0.2, 0.25) is 0 Å². The van der Waals surface area contributed by atoms with Crippen LogP contribution < -0.4 is 0 Å². The van der Waals surface area contributed by atoms with Crippen molar-refractivity contribution < 1.29 is 180 Å². The number of aliphatic hydroxyl groups excluding tert-OH is 7. The fraction of sp³-hybridized carbons (Fsp3) is 0.905.